The van der Waals surface area contributed by atoms with Crippen molar-refractivity contribution in [1.82, 2.24) is 19.6 Å². The van der Waals surface area contributed by atoms with E-state index in [2.05, 4.69) is 15.1 Å². The Bertz CT molecular complexity index is 687. The average Bonchev–Trinajstić information content (AvgIpc) is 2.91. The predicted molar refractivity (Wildman–Crippen MR) is 69.5 cm³/mol. The summed E-state index contributed by atoms with van der Waals surface area (Å²) in [6, 6.07) is 3.76. The van der Waals surface area contributed by atoms with Gasteiger partial charge in [-0.25, -0.2) is 4.52 Å². The molecule has 0 aliphatic heterocycles. The highest BCUT2D eigenvalue weighted by Gasteiger charge is 2.16. The molecule has 1 unspecified atom stereocenters. The molecule has 0 fully saturated rings. The first kappa shape index (κ1) is 11.3. The van der Waals surface area contributed by atoms with E-state index in [-0.39, 0.29) is 0 Å². The number of aromatic nitrogens is 4. The molecular weight excluding hydrogens is 248 g/mol. The number of pyridine rings is 1. The highest BCUT2D eigenvalue weighted by atomic mass is 32.1. The molecule has 0 aliphatic rings. The zero-order chi connectivity index (χ0) is 12.7. The Morgan fingerprint density at radius 1 is 1.33 bits per heavy atom. The summed E-state index contributed by atoms with van der Waals surface area (Å²) in [5.41, 5.74) is 1.89. The molecule has 1 atom stereocenters. The summed E-state index contributed by atoms with van der Waals surface area (Å²) in [5.74, 6) is 0.684. The number of aliphatic hydroxyl groups excluding tert-OH is 1. The van der Waals surface area contributed by atoms with Crippen LogP contribution in [0.2, 0.25) is 0 Å². The Hall–Kier alpha value is -1.79. The monoisotopic (exact) mass is 260 g/mol. The van der Waals surface area contributed by atoms with Crippen molar-refractivity contribution in [2.45, 2.75) is 20.0 Å². The molecule has 0 amide bonds. The summed E-state index contributed by atoms with van der Waals surface area (Å²) in [6.07, 6.45) is 2.96. The van der Waals surface area contributed by atoms with E-state index in [9.17, 15) is 5.11 Å². The predicted octanol–water partition coefficient (Wildman–Crippen LogP) is 2.21. The van der Waals surface area contributed by atoms with Gasteiger partial charge in [0, 0.05) is 18.0 Å². The number of nitrogens with zero attached hydrogens (tertiary/aromatic N) is 4. The lowest BCUT2D eigenvalue weighted by molar-refractivity contribution is 0.202. The first-order valence-electron chi connectivity index (χ1n) is 5.61. The zero-order valence-corrected chi connectivity index (χ0v) is 10.8. The Balaban J connectivity index is 2.14. The van der Waals surface area contributed by atoms with Gasteiger partial charge in [0.25, 0.3) is 0 Å². The first-order chi connectivity index (χ1) is 8.66. The second kappa shape index (κ2) is 4.15. The van der Waals surface area contributed by atoms with Crippen LogP contribution in [0.3, 0.4) is 0 Å². The fraction of sp³-hybridized carbons (Fsp3) is 0.250. The van der Waals surface area contributed by atoms with Crippen LogP contribution in [0.25, 0.3) is 16.3 Å². The van der Waals surface area contributed by atoms with Gasteiger partial charge < -0.3 is 5.11 Å². The molecule has 92 valence electrons. The van der Waals surface area contributed by atoms with Gasteiger partial charge in [0.2, 0.25) is 4.96 Å². The molecule has 0 saturated heterocycles. The van der Waals surface area contributed by atoms with Gasteiger partial charge in [0.15, 0.2) is 5.82 Å². The van der Waals surface area contributed by atoms with Crippen molar-refractivity contribution < 1.29 is 5.11 Å². The van der Waals surface area contributed by atoms with Crippen LogP contribution < -0.4 is 0 Å². The maximum atomic E-state index is 9.64. The maximum Gasteiger partial charge on any atom is 0.213 e. The number of fused-ring (bicyclic) bond motifs is 1. The third-order valence-corrected chi connectivity index (χ3v) is 4.07. The molecule has 0 aliphatic carbocycles. The minimum absolute atomic E-state index is 0.483. The van der Waals surface area contributed by atoms with E-state index in [1.165, 1.54) is 11.3 Å². The van der Waals surface area contributed by atoms with Crippen molar-refractivity contribution in [3.8, 4) is 11.4 Å². The molecule has 18 heavy (non-hydrogen) atoms. The molecule has 0 radical (unpaired) electrons. The van der Waals surface area contributed by atoms with E-state index in [0.717, 1.165) is 21.1 Å². The molecule has 1 N–H and O–H groups in total. The number of aliphatic hydroxyl groups is 1. The number of rotatable bonds is 2. The molecule has 3 rings (SSSR count). The minimum Gasteiger partial charge on any atom is -0.388 e. The van der Waals surface area contributed by atoms with Crippen LogP contribution in [0.4, 0.5) is 0 Å². The Morgan fingerprint density at radius 3 is 2.67 bits per heavy atom. The quantitative estimate of drug-likeness (QED) is 0.767. The van der Waals surface area contributed by atoms with Crippen LogP contribution in [0.15, 0.2) is 24.5 Å². The van der Waals surface area contributed by atoms with Crippen LogP contribution in [-0.2, 0) is 0 Å². The van der Waals surface area contributed by atoms with Crippen LogP contribution >= 0.6 is 11.3 Å². The highest BCUT2D eigenvalue weighted by molar-refractivity contribution is 7.17. The van der Waals surface area contributed by atoms with E-state index >= 15 is 0 Å². The molecule has 0 spiro atoms. The number of hydrogen-bond donors (Lipinski definition) is 1. The van der Waals surface area contributed by atoms with Crippen molar-refractivity contribution in [2.24, 2.45) is 0 Å². The highest BCUT2D eigenvalue weighted by Crippen LogP contribution is 2.28. The van der Waals surface area contributed by atoms with Crippen molar-refractivity contribution in [2.75, 3.05) is 0 Å². The Labute approximate surface area is 108 Å². The lowest BCUT2D eigenvalue weighted by Crippen LogP contribution is -1.94. The van der Waals surface area contributed by atoms with Crippen LogP contribution in [0.1, 0.15) is 23.6 Å². The maximum absolute atomic E-state index is 9.64. The Morgan fingerprint density at radius 2 is 2.06 bits per heavy atom. The van der Waals surface area contributed by atoms with Gasteiger partial charge in [-0.2, -0.15) is 4.98 Å². The normalized spacial score (nSPS) is 13.1. The smallest absolute Gasteiger partial charge is 0.213 e. The zero-order valence-electron chi connectivity index (χ0n) is 10.0. The number of thiazole rings is 1. The summed E-state index contributed by atoms with van der Waals surface area (Å²) >= 11 is 1.47. The minimum atomic E-state index is -0.483. The molecule has 6 heteroatoms. The first-order valence-corrected chi connectivity index (χ1v) is 6.43. The van der Waals surface area contributed by atoms with Gasteiger partial charge >= 0.3 is 0 Å². The van der Waals surface area contributed by atoms with E-state index in [1.54, 1.807) is 23.8 Å². The van der Waals surface area contributed by atoms with Crippen molar-refractivity contribution >= 4 is 16.3 Å². The molecule has 0 saturated carbocycles. The lowest BCUT2D eigenvalue weighted by atomic mass is 10.3. The van der Waals surface area contributed by atoms with Gasteiger partial charge in [-0.3, -0.25) is 4.98 Å². The van der Waals surface area contributed by atoms with Gasteiger partial charge in [-0.15, -0.1) is 5.10 Å². The number of hydrogen-bond acceptors (Lipinski definition) is 5. The summed E-state index contributed by atoms with van der Waals surface area (Å²) in [4.78, 5) is 10.2. The molecule has 0 bridgehead atoms. The van der Waals surface area contributed by atoms with Crippen LogP contribution in [-0.4, -0.2) is 24.7 Å². The largest absolute Gasteiger partial charge is 0.388 e. The van der Waals surface area contributed by atoms with E-state index < -0.39 is 6.10 Å². The fourth-order valence-electron chi connectivity index (χ4n) is 1.87. The Kier molecular flexibility index (Phi) is 2.61. The molecule has 3 heterocycles. The lowest BCUT2D eigenvalue weighted by Gasteiger charge is -2.00. The van der Waals surface area contributed by atoms with Crippen molar-refractivity contribution in [3.63, 3.8) is 0 Å². The van der Waals surface area contributed by atoms with Crippen LogP contribution in [0, 0.1) is 6.92 Å². The van der Waals surface area contributed by atoms with Gasteiger partial charge in [-0.1, -0.05) is 11.3 Å². The van der Waals surface area contributed by atoms with Gasteiger partial charge in [-0.05, 0) is 26.0 Å². The van der Waals surface area contributed by atoms with E-state index in [1.807, 2.05) is 19.1 Å². The van der Waals surface area contributed by atoms with E-state index in [4.69, 9.17) is 0 Å². The molecule has 3 aromatic rings. The SMILES string of the molecule is Cc1c(C(C)O)sc2nc(-c3ccncc3)nn12. The standard InChI is InChI=1S/C12H12N4OS/c1-7-10(8(2)17)18-12-14-11(15-16(7)12)9-3-5-13-6-4-9/h3-6,8,17H,1-2H3. The topological polar surface area (TPSA) is 63.3 Å². The number of aryl methyl sites for hydroxylation is 1. The molecule has 5 nitrogen and oxygen atoms in total. The van der Waals surface area contributed by atoms with E-state index in [0.29, 0.717) is 5.82 Å². The molecule has 0 aromatic carbocycles. The molecule has 3 aromatic heterocycles. The van der Waals surface area contributed by atoms with Crippen LogP contribution in [0.5, 0.6) is 0 Å². The third-order valence-electron chi connectivity index (χ3n) is 2.77. The third kappa shape index (κ3) is 1.70. The summed E-state index contributed by atoms with van der Waals surface area (Å²) in [5, 5.41) is 14.1. The van der Waals surface area contributed by atoms with Crippen molar-refractivity contribution in [3.05, 3.63) is 35.1 Å². The average molecular weight is 260 g/mol. The second-order valence-electron chi connectivity index (χ2n) is 4.09. The van der Waals surface area contributed by atoms with Gasteiger partial charge in [0.1, 0.15) is 0 Å². The van der Waals surface area contributed by atoms with Crippen molar-refractivity contribution in [1.29, 1.82) is 0 Å². The second-order valence-corrected chi connectivity index (χ2v) is 5.10. The van der Waals surface area contributed by atoms with Gasteiger partial charge in [0.05, 0.1) is 16.7 Å². The summed E-state index contributed by atoms with van der Waals surface area (Å²) in [6.45, 7) is 3.69. The summed E-state index contributed by atoms with van der Waals surface area (Å²) in [7, 11) is 0. The molecular formula is C12H12N4OS. The summed E-state index contributed by atoms with van der Waals surface area (Å²) < 4.78 is 1.78. The fourth-order valence-corrected chi connectivity index (χ4v) is 2.87.